The maximum Gasteiger partial charge on any atom is 0.281 e. The minimum absolute atomic E-state index is 0.230. The fraction of sp³-hybridized carbons (Fsp3) is 0.429. The summed E-state index contributed by atoms with van der Waals surface area (Å²) in [4.78, 5) is 92.5. The van der Waals surface area contributed by atoms with E-state index in [1.807, 2.05) is 10.6 Å². The van der Waals surface area contributed by atoms with Gasteiger partial charge in [0.2, 0.25) is 11.8 Å². The summed E-state index contributed by atoms with van der Waals surface area (Å²) in [5, 5.41) is 39.7. The first-order valence-electron chi connectivity index (χ1n) is 11.1. The van der Waals surface area contributed by atoms with Gasteiger partial charge in [-0.2, -0.15) is 0 Å². The molecule has 0 spiro atoms. The van der Waals surface area contributed by atoms with E-state index in [0.29, 0.717) is 5.56 Å². The van der Waals surface area contributed by atoms with E-state index in [1.165, 1.54) is 0 Å². The third-order valence-corrected chi connectivity index (χ3v) is 5.43. The van der Waals surface area contributed by atoms with E-state index in [2.05, 4.69) is 15.6 Å². The van der Waals surface area contributed by atoms with Crippen molar-refractivity contribution in [2.75, 3.05) is 6.61 Å². The van der Waals surface area contributed by atoms with E-state index >= 15 is 0 Å². The summed E-state index contributed by atoms with van der Waals surface area (Å²) in [6.45, 7) is -1.03. The molecule has 0 saturated carbocycles. The second-order valence-electron chi connectivity index (χ2n) is 8.12. The zero-order chi connectivity index (χ0) is 29.8. The molecular formula is C21H25N4O13P-4. The van der Waals surface area contributed by atoms with Crippen LogP contribution in [0.2, 0.25) is 0 Å². The van der Waals surface area contributed by atoms with Crippen molar-refractivity contribution in [1.29, 1.82) is 0 Å². The molecule has 0 unspecified atom stereocenters. The van der Waals surface area contributed by atoms with Crippen LogP contribution in [0.3, 0.4) is 0 Å². The van der Waals surface area contributed by atoms with Gasteiger partial charge in [-0.05, 0) is 24.8 Å². The van der Waals surface area contributed by atoms with Crippen LogP contribution in [-0.4, -0.2) is 66.4 Å². The number of carbonyl (C=O) groups excluding carboxylic acids is 6. The maximum atomic E-state index is 12.8. The Balaban J connectivity index is 3.03. The van der Waals surface area contributed by atoms with E-state index in [9.17, 15) is 58.4 Å². The van der Waals surface area contributed by atoms with E-state index in [4.69, 9.17) is 0 Å². The van der Waals surface area contributed by atoms with Gasteiger partial charge in [0.1, 0.15) is 18.7 Å². The van der Waals surface area contributed by atoms with E-state index < -0.39 is 93.5 Å². The summed E-state index contributed by atoms with van der Waals surface area (Å²) in [7, 11) is -5.47. The van der Waals surface area contributed by atoms with Gasteiger partial charge in [0, 0.05) is 18.4 Å². The molecule has 0 aliphatic heterocycles. The number of carbonyl (C=O) groups is 6. The van der Waals surface area contributed by atoms with Crippen molar-refractivity contribution < 1.29 is 68.7 Å². The summed E-state index contributed by atoms with van der Waals surface area (Å²) >= 11 is 0. The molecule has 0 radical (unpaired) electrons. The normalized spacial score (nSPS) is 14.2. The Labute approximate surface area is 220 Å². The Kier molecular flexibility index (Phi) is 13.2. The highest BCUT2D eigenvalue weighted by Gasteiger charge is 2.30. The number of carboxylic acid groups (broad SMARTS) is 3. The highest BCUT2D eigenvalue weighted by atomic mass is 31.2. The van der Waals surface area contributed by atoms with Gasteiger partial charge in [0.05, 0.1) is 19.8 Å². The number of hydrogen-bond acceptors (Lipinski definition) is 13. The maximum absolute atomic E-state index is 12.8. The molecule has 216 valence electrons. The number of benzene rings is 1. The van der Waals surface area contributed by atoms with E-state index in [-0.39, 0.29) is 6.42 Å². The van der Waals surface area contributed by atoms with Crippen LogP contribution in [0.25, 0.3) is 0 Å². The van der Waals surface area contributed by atoms with Gasteiger partial charge >= 0.3 is 0 Å². The Hall–Kier alpha value is -3.89. The van der Waals surface area contributed by atoms with Crippen molar-refractivity contribution in [2.45, 2.75) is 49.9 Å². The third-order valence-electron chi connectivity index (χ3n) is 4.96. The zero-order valence-corrected chi connectivity index (χ0v) is 21.1. The van der Waals surface area contributed by atoms with Crippen molar-refractivity contribution in [3.05, 3.63) is 35.9 Å². The summed E-state index contributed by atoms with van der Waals surface area (Å²) < 4.78 is 14.5. The van der Waals surface area contributed by atoms with Crippen LogP contribution >= 0.6 is 7.82 Å². The minimum Gasteiger partial charge on any atom is -0.790 e. The lowest BCUT2D eigenvalue weighted by atomic mass is 10.0. The number of phosphoric ester groups is 1. The molecule has 4 atom stereocenters. The number of quaternary nitrogens is 1. The largest absolute Gasteiger partial charge is 0.790 e. The molecule has 0 aromatic heterocycles. The molecule has 0 heterocycles. The van der Waals surface area contributed by atoms with Crippen LogP contribution in [0, 0.1) is 0 Å². The van der Waals surface area contributed by atoms with Crippen LogP contribution in [0.15, 0.2) is 30.3 Å². The molecule has 0 bridgehead atoms. The Morgan fingerprint density at radius 1 is 0.821 bits per heavy atom. The molecule has 1 rings (SSSR count). The standard InChI is InChI=1S/C21H29N4O13P/c22-12(10-38-39(35,36)37)18(30)24-14(9-17(28)29)20(32)23-13(6-7-16(26)27)19(31)25-15(21(33)34)8-11-4-2-1-3-5-11/h1-5,12-15H,6-10,22H2,(H,23,32)(H,24,30)(H,25,31)(H,26,27)(H,28,29)(H,33,34)(H2,35,36,37)/p-4/t12-,13-,14-,15-/m0/s1. The van der Waals surface area contributed by atoms with Crippen LogP contribution in [-0.2, 0) is 44.3 Å². The van der Waals surface area contributed by atoms with Crippen molar-refractivity contribution in [1.82, 2.24) is 16.0 Å². The first-order valence-corrected chi connectivity index (χ1v) is 12.6. The molecule has 0 aliphatic carbocycles. The van der Waals surface area contributed by atoms with Gasteiger partial charge in [-0.25, -0.2) is 0 Å². The summed E-state index contributed by atoms with van der Waals surface area (Å²) in [6, 6.07) is 1.14. The highest BCUT2D eigenvalue weighted by molar-refractivity contribution is 7.43. The van der Waals surface area contributed by atoms with Crippen LogP contribution in [0.4, 0.5) is 0 Å². The Morgan fingerprint density at radius 2 is 1.36 bits per heavy atom. The highest BCUT2D eigenvalue weighted by Crippen LogP contribution is 2.23. The molecular weight excluding hydrogens is 547 g/mol. The Morgan fingerprint density at radius 3 is 1.87 bits per heavy atom. The van der Waals surface area contributed by atoms with Crippen molar-refractivity contribution >= 4 is 43.5 Å². The number of carboxylic acids is 3. The van der Waals surface area contributed by atoms with E-state index in [0.717, 1.165) is 0 Å². The van der Waals surface area contributed by atoms with Crippen LogP contribution in [0.1, 0.15) is 24.8 Å². The van der Waals surface area contributed by atoms with Gasteiger partial charge < -0.3 is 70.3 Å². The monoisotopic (exact) mass is 572 g/mol. The molecule has 39 heavy (non-hydrogen) atoms. The number of phosphoric acid groups is 1. The molecule has 17 nitrogen and oxygen atoms in total. The fourth-order valence-corrected chi connectivity index (χ4v) is 3.40. The average Bonchev–Trinajstić information content (AvgIpc) is 2.83. The quantitative estimate of drug-likeness (QED) is 0.126. The first kappa shape index (κ1) is 33.1. The number of rotatable bonds is 17. The van der Waals surface area contributed by atoms with Gasteiger partial charge in [-0.3, -0.25) is 14.4 Å². The lowest BCUT2D eigenvalue weighted by Gasteiger charge is -2.29. The van der Waals surface area contributed by atoms with Crippen LogP contribution < -0.4 is 46.8 Å². The Bertz CT molecular complexity index is 1090. The number of amides is 3. The lowest BCUT2D eigenvalue weighted by molar-refractivity contribution is -0.414. The molecule has 0 fully saturated rings. The van der Waals surface area contributed by atoms with E-state index in [1.54, 1.807) is 30.3 Å². The lowest BCUT2D eigenvalue weighted by Crippen LogP contribution is -2.71. The van der Waals surface area contributed by atoms with Gasteiger partial charge in [-0.15, -0.1) is 0 Å². The molecule has 1 aromatic rings. The molecule has 6 N–H and O–H groups in total. The number of aliphatic carboxylic acids is 3. The third kappa shape index (κ3) is 13.5. The fourth-order valence-electron chi connectivity index (χ4n) is 3.04. The predicted molar refractivity (Wildman–Crippen MR) is 115 cm³/mol. The second kappa shape index (κ2) is 15.5. The summed E-state index contributed by atoms with van der Waals surface area (Å²) in [5.74, 6) is -8.88. The van der Waals surface area contributed by atoms with Crippen molar-refractivity contribution in [3.63, 3.8) is 0 Å². The van der Waals surface area contributed by atoms with Crippen LogP contribution in [0.5, 0.6) is 0 Å². The molecule has 0 aliphatic rings. The topological polar surface area (TPSA) is 308 Å². The minimum atomic E-state index is -5.47. The molecule has 18 heteroatoms. The summed E-state index contributed by atoms with van der Waals surface area (Å²) in [5.41, 5.74) is 3.72. The SMILES string of the molecule is [NH3+][C@@H](COP(=O)([O-])[O-])C(=O)N[C@@H](CC(=O)[O-])C(=O)N[C@@H](CCC(=O)[O-])C(=O)N[C@@H](Cc1ccccc1)C(=O)[O-]. The number of nitrogens with one attached hydrogen (secondary N) is 3. The molecule has 3 amide bonds. The van der Waals surface area contributed by atoms with Crippen molar-refractivity contribution in [2.24, 2.45) is 0 Å². The first-order chi connectivity index (χ1) is 18.1. The van der Waals surface area contributed by atoms with Crippen molar-refractivity contribution in [3.8, 4) is 0 Å². The molecule has 0 saturated heterocycles. The van der Waals surface area contributed by atoms with Gasteiger partial charge in [0.15, 0.2) is 6.04 Å². The molecule has 1 aromatic carbocycles. The predicted octanol–water partition coefficient (Wildman–Crippen LogP) is -8.44. The van der Waals surface area contributed by atoms with Gasteiger partial charge in [-0.1, -0.05) is 30.3 Å². The summed E-state index contributed by atoms with van der Waals surface area (Å²) in [6.07, 6.45) is -2.79. The average molecular weight is 572 g/mol. The van der Waals surface area contributed by atoms with Gasteiger partial charge in [0.25, 0.3) is 5.91 Å². The zero-order valence-electron chi connectivity index (χ0n) is 20.2. The smallest absolute Gasteiger partial charge is 0.281 e. The number of hydrogen-bond donors (Lipinski definition) is 4. The second-order valence-corrected chi connectivity index (χ2v) is 9.27.